The third-order valence-corrected chi connectivity index (χ3v) is 4.80. The molecule has 1 saturated heterocycles. The highest BCUT2D eigenvalue weighted by molar-refractivity contribution is 7.71. The van der Waals surface area contributed by atoms with Gasteiger partial charge in [0.05, 0.1) is 5.69 Å². The summed E-state index contributed by atoms with van der Waals surface area (Å²) >= 11 is 5.59. The molecule has 2 atom stereocenters. The van der Waals surface area contributed by atoms with Crippen LogP contribution in [0.5, 0.6) is 0 Å². The van der Waals surface area contributed by atoms with E-state index in [2.05, 4.69) is 40.4 Å². The van der Waals surface area contributed by atoms with E-state index in [1.165, 1.54) is 0 Å². The van der Waals surface area contributed by atoms with E-state index < -0.39 is 0 Å². The predicted molar refractivity (Wildman–Crippen MR) is 83.6 cm³/mol. The highest BCUT2D eigenvalue weighted by Crippen LogP contribution is 2.31. The zero-order chi connectivity index (χ0) is 14.4. The van der Waals surface area contributed by atoms with Crippen molar-refractivity contribution < 1.29 is 0 Å². The van der Waals surface area contributed by atoms with Crippen molar-refractivity contribution in [3.05, 3.63) is 10.5 Å². The van der Waals surface area contributed by atoms with E-state index in [1.807, 2.05) is 11.7 Å². The van der Waals surface area contributed by atoms with Gasteiger partial charge < -0.3 is 9.88 Å². The molecule has 110 valence electrons. The number of likely N-dealkylation sites (tertiary alicyclic amines) is 1. The average molecular weight is 293 g/mol. The highest BCUT2D eigenvalue weighted by Gasteiger charge is 2.29. The summed E-state index contributed by atoms with van der Waals surface area (Å²) in [6, 6.07) is 0.465. The fraction of sp³-hybridized carbons (Fsp3) is 0.714. The van der Waals surface area contributed by atoms with Gasteiger partial charge in [0.25, 0.3) is 0 Å². The number of hydrogen-bond acceptors (Lipinski definition) is 3. The van der Waals surface area contributed by atoms with Crippen LogP contribution < -0.4 is 0 Å². The monoisotopic (exact) mass is 293 g/mol. The lowest BCUT2D eigenvalue weighted by Crippen LogP contribution is -2.38. The van der Waals surface area contributed by atoms with Crippen LogP contribution in [0.3, 0.4) is 0 Å². The number of imidazole rings is 1. The molecule has 0 saturated carbocycles. The summed E-state index contributed by atoms with van der Waals surface area (Å²) in [5, 5.41) is 4.61. The van der Waals surface area contributed by atoms with Crippen molar-refractivity contribution in [2.45, 2.75) is 32.7 Å². The van der Waals surface area contributed by atoms with Crippen LogP contribution in [0.1, 0.15) is 32.0 Å². The molecule has 1 fully saturated rings. The van der Waals surface area contributed by atoms with Gasteiger partial charge in [0.15, 0.2) is 10.4 Å². The first kappa shape index (κ1) is 13.8. The highest BCUT2D eigenvalue weighted by atomic mass is 32.1. The van der Waals surface area contributed by atoms with Crippen molar-refractivity contribution >= 4 is 23.4 Å². The average Bonchev–Trinajstić information content (AvgIpc) is 2.87. The van der Waals surface area contributed by atoms with Crippen LogP contribution in [-0.2, 0) is 13.5 Å². The van der Waals surface area contributed by atoms with Gasteiger partial charge in [-0.3, -0.25) is 9.25 Å². The maximum atomic E-state index is 5.59. The molecule has 1 aliphatic rings. The molecule has 0 aromatic carbocycles. The van der Waals surface area contributed by atoms with Gasteiger partial charge in [-0.15, -0.1) is 0 Å². The Morgan fingerprint density at radius 2 is 2.15 bits per heavy atom. The number of aromatic nitrogens is 4. The minimum Gasteiger partial charge on any atom is -0.328 e. The number of H-pyrrole nitrogens is 1. The second kappa shape index (κ2) is 5.00. The lowest BCUT2D eigenvalue weighted by atomic mass is 9.94. The Kier molecular flexibility index (Phi) is 3.46. The summed E-state index contributed by atoms with van der Waals surface area (Å²) in [7, 11) is 4.21. The summed E-state index contributed by atoms with van der Waals surface area (Å²) in [5.41, 5.74) is 3.37. The predicted octanol–water partition coefficient (Wildman–Crippen LogP) is 2.51. The molecule has 0 bridgehead atoms. The largest absolute Gasteiger partial charge is 0.328 e. The van der Waals surface area contributed by atoms with Crippen LogP contribution >= 0.6 is 12.2 Å². The minimum atomic E-state index is 0.465. The van der Waals surface area contributed by atoms with Gasteiger partial charge >= 0.3 is 0 Å². The normalized spacial score (nSPS) is 24.6. The second-order valence-corrected chi connectivity index (χ2v) is 6.40. The number of aromatic amines is 1. The molecular formula is C14H23N5S. The van der Waals surface area contributed by atoms with Crippen molar-refractivity contribution in [3.63, 3.8) is 0 Å². The molecule has 3 heterocycles. The fourth-order valence-electron chi connectivity index (χ4n) is 3.52. The molecule has 5 nitrogen and oxygen atoms in total. The SMILES string of the molecule is CCc1nn(C)c2c1[nH]c(=S)n2C1CCN(C)CC1C. The van der Waals surface area contributed by atoms with Gasteiger partial charge in [-0.05, 0) is 44.6 Å². The number of fused-ring (bicyclic) bond motifs is 1. The molecule has 0 spiro atoms. The Balaban J connectivity index is 2.14. The molecular weight excluding hydrogens is 270 g/mol. The number of rotatable bonds is 2. The van der Waals surface area contributed by atoms with Crippen LogP contribution in [0.4, 0.5) is 0 Å². The Morgan fingerprint density at radius 1 is 1.40 bits per heavy atom. The van der Waals surface area contributed by atoms with E-state index in [9.17, 15) is 0 Å². The van der Waals surface area contributed by atoms with Crippen LogP contribution in [0.25, 0.3) is 11.2 Å². The first-order valence-corrected chi connectivity index (χ1v) is 7.78. The molecule has 6 heteroatoms. The Bertz CT molecular complexity index is 680. The molecule has 3 rings (SSSR count). The Labute approximate surface area is 124 Å². The van der Waals surface area contributed by atoms with Gasteiger partial charge in [-0.1, -0.05) is 13.8 Å². The van der Waals surface area contributed by atoms with Crippen LogP contribution in [0.15, 0.2) is 0 Å². The smallest absolute Gasteiger partial charge is 0.179 e. The molecule has 1 N–H and O–H groups in total. The standard InChI is InChI=1S/C14H23N5S/c1-5-10-12-13(18(4)16-10)19(14(20)15-12)11-6-7-17(3)8-9(11)2/h9,11H,5-8H2,1-4H3,(H,15,20). The summed E-state index contributed by atoms with van der Waals surface area (Å²) in [6.45, 7) is 6.70. The number of aryl methyl sites for hydroxylation is 2. The Hall–Kier alpha value is -1.14. The molecule has 0 aliphatic carbocycles. The van der Waals surface area contributed by atoms with E-state index in [0.29, 0.717) is 12.0 Å². The number of piperidine rings is 1. The first-order valence-electron chi connectivity index (χ1n) is 7.37. The second-order valence-electron chi connectivity index (χ2n) is 6.02. The van der Waals surface area contributed by atoms with E-state index in [-0.39, 0.29) is 0 Å². The molecule has 0 radical (unpaired) electrons. The zero-order valence-electron chi connectivity index (χ0n) is 12.7. The third kappa shape index (κ3) is 2.02. The summed E-state index contributed by atoms with van der Waals surface area (Å²) in [4.78, 5) is 5.78. The summed E-state index contributed by atoms with van der Waals surface area (Å²) in [5.74, 6) is 0.597. The van der Waals surface area contributed by atoms with E-state index in [1.54, 1.807) is 0 Å². The van der Waals surface area contributed by atoms with Crippen LogP contribution in [0.2, 0.25) is 0 Å². The summed E-state index contributed by atoms with van der Waals surface area (Å²) < 4.78 is 5.11. The molecule has 0 amide bonds. The van der Waals surface area contributed by atoms with Gasteiger partial charge in [0, 0.05) is 19.6 Å². The van der Waals surface area contributed by atoms with Gasteiger partial charge in [-0.25, -0.2) is 0 Å². The van der Waals surface area contributed by atoms with Crippen LogP contribution in [0, 0.1) is 10.7 Å². The number of hydrogen-bond donors (Lipinski definition) is 1. The maximum absolute atomic E-state index is 5.59. The molecule has 2 aromatic rings. The first-order chi connectivity index (χ1) is 9.52. The van der Waals surface area contributed by atoms with E-state index in [0.717, 1.165) is 47.6 Å². The Morgan fingerprint density at radius 3 is 2.80 bits per heavy atom. The van der Waals surface area contributed by atoms with E-state index in [4.69, 9.17) is 12.2 Å². The lowest BCUT2D eigenvalue weighted by Gasteiger charge is -2.35. The number of nitrogens with one attached hydrogen (secondary N) is 1. The lowest BCUT2D eigenvalue weighted by molar-refractivity contribution is 0.159. The van der Waals surface area contributed by atoms with Crippen molar-refractivity contribution in [1.29, 1.82) is 0 Å². The van der Waals surface area contributed by atoms with Gasteiger partial charge in [0.2, 0.25) is 0 Å². The van der Waals surface area contributed by atoms with Gasteiger partial charge in [-0.2, -0.15) is 5.10 Å². The third-order valence-electron chi connectivity index (χ3n) is 4.50. The molecule has 20 heavy (non-hydrogen) atoms. The number of nitrogens with zero attached hydrogens (tertiary/aromatic N) is 4. The van der Waals surface area contributed by atoms with Crippen molar-refractivity contribution in [2.24, 2.45) is 13.0 Å². The van der Waals surface area contributed by atoms with E-state index >= 15 is 0 Å². The maximum Gasteiger partial charge on any atom is 0.179 e. The van der Waals surface area contributed by atoms with Crippen molar-refractivity contribution in [3.8, 4) is 0 Å². The van der Waals surface area contributed by atoms with Crippen molar-refractivity contribution in [2.75, 3.05) is 20.1 Å². The molecule has 1 aliphatic heterocycles. The van der Waals surface area contributed by atoms with Crippen LogP contribution in [-0.4, -0.2) is 44.4 Å². The quantitative estimate of drug-likeness (QED) is 0.865. The fourth-order valence-corrected chi connectivity index (χ4v) is 3.84. The zero-order valence-corrected chi connectivity index (χ0v) is 13.5. The summed E-state index contributed by atoms with van der Waals surface area (Å²) in [6.07, 6.45) is 2.07. The van der Waals surface area contributed by atoms with Crippen molar-refractivity contribution in [1.82, 2.24) is 24.2 Å². The van der Waals surface area contributed by atoms with Gasteiger partial charge in [0.1, 0.15) is 5.52 Å². The minimum absolute atomic E-state index is 0.465. The topological polar surface area (TPSA) is 41.8 Å². The molecule has 2 aromatic heterocycles. The molecule has 2 unspecified atom stereocenters.